The average Bonchev–Trinajstić information content (AvgIpc) is 2.56. The van der Waals surface area contributed by atoms with Gasteiger partial charge in [0.15, 0.2) is 0 Å². The van der Waals surface area contributed by atoms with E-state index in [-0.39, 0.29) is 0 Å². The van der Waals surface area contributed by atoms with Gasteiger partial charge in [0.2, 0.25) is 0 Å². The lowest BCUT2D eigenvalue weighted by atomic mass is 10.1. The van der Waals surface area contributed by atoms with Gasteiger partial charge >= 0.3 is 0 Å². The van der Waals surface area contributed by atoms with E-state index in [4.69, 9.17) is 0 Å². The van der Waals surface area contributed by atoms with E-state index in [0.29, 0.717) is 0 Å². The van der Waals surface area contributed by atoms with Crippen LogP contribution >= 0.6 is 11.8 Å². The van der Waals surface area contributed by atoms with Crippen LogP contribution in [0.4, 0.5) is 0 Å². The summed E-state index contributed by atoms with van der Waals surface area (Å²) in [5.74, 6) is 2.38. The average molecular weight is 190 g/mol. The van der Waals surface area contributed by atoms with Crippen molar-refractivity contribution in [2.24, 2.45) is 0 Å². The van der Waals surface area contributed by atoms with E-state index >= 15 is 0 Å². The molecule has 0 unspecified atom stereocenters. The Labute approximate surface area is 80.8 Å². The maximum Gasteiger partial charge on any atom is 0.137 e. The van der Waals surface area contributed by atoms with Crippen molar-refractivity contribution in [3.05, 3.63) is 29.6 Å². The summed E-state index contributed by atoms with van der Waals surface area (Å²) in [5.41, 5.74) is 3.92. The summed E-state index contributed by atoms with van der Waals surface area (Å²) in [6.07, 6.45) is 3.01. The highest BCUT2D eigenvalue weighted by Gasteiger charge is 2.15. The normalized spacial score (nSPS) is 16.0. The Morgan fingerprint density at radius 2 is 2.46 bits per heavy atom. The minimum atomic E-state index is 1.05. The zero-order chi connectivity index (χ0) is 8.67. The summed E-state index contributed by atoms with van der Waals surface area (Å²) in [6.45, 7) is 0. The predicted molar refractivity (Wildman–Crippen MR) is 56.0 cm³/mol. The van der Waals surface area contributed by atoms with Gasteiger partial charge in [0.25, 0.3) is 0 Å². The minimum absolute atomic E-state index is 1.05. The van der Waals surface area contributed by atoms with Crippen molar-refractivity contribution in [2.45, 2.75) is 12.2 Å². The molecule has 1 aliphatic heterocycles. The second-order valence-corrected chi connectivity index (χ2v) is 4.39. The molecule has 0 aliphatic carbocycles. The molecule has 2 aromatic heterocycles. The van der Waals surface area contributed by atoms with Gasteiger partial charge in [-0.1, -0.05) is 0 Å². The third-order valence-electron chi connectivity index (χ3n) is 2.51. The lowest BCUT2D eigenvalue weighted by Gasteiger charge is -2.09. The van der Waals surface area contributed by atoms with Crippen LogP contribution in [0.2, 0.25) is 0 Å². The molecule has 0 amide bonds. The van der Waals surface area contributed by atoms with Crippen molar-refractivity contribution in [1.29, 1.82) is 0 Å². The van der Waals surface area contributed by atoms with Gasteiger partial charge in [0.1, 0.15) is 5.65 Å². The Morgan fingerprint density at radius 1 is 1.46 bits per heavy atom. The monoisotopic (exact) mass is 190 g/mol. The van der Waals surface area contributed by atoms with Gasteiger partial charge in [-0.15, -0.1) is 0 Å². The Bertz CT molecular complexity index is 447. The van der Waals surface area contributed by atoms with E-state index in [2.05, 4.69) is 16.0 Å². The molecular weight excluding hydrogens is 180 g/mol. The summed E-state index contributed by atoms with van der Waals surface area (Å²) in [4.78, 5) is 7.71. The molecule has 0 aromatic carbocycles. The highest BCUT2D eigenvalue weighted by atomic mass is 32.2. The van der Waals surface area contributed by atoms with Crippen LogP contribution in [0, 0.1) is 0 Å². The number of H-pyrrole nitrogens is 1. The number of aromatic amines is 1. The zero-order valence-corrected chi connectivity index (χ0v) is 8.03. The van der Waals surface area contributed by atoms with Gasteiger partial charge in [-0.3, -0.25) is 0 Å². The molecule has 0 fully saturated rings. The van der Waals surface area contributed by atoms with Crippen LogP contribution in [-0.2, 0) is 12.2 Å². The Morgan fingerprint density at radius 3 is 3.46 bits per heavy atom. The van der Waals surface area contributed by atoms with Crippen molar-refractivity contribution in [1.82, 2.24) is 9.97 Å². The largest absolute Gasteiger partial charge is 0.343 e. The molecule has 1 N–H and O–H groups in total. The molecule has 1 aliphatic rings. The van der Waals surface area contributed by atoms with Crippen LogP contribution < -0.4 is 0 Å². The number of nitrogens with zero attached hydrogens (tertiary/aromatic N) is 1. The molecule has 66 valence electrons. The van der Waals surface area contributed by atoms with Crippen LogP contribution in [0.25, 0.3) is 11.0 Å². The molecular formula is C10H10N2S. The van der Waals surface area contributed by atoms with E-state index < -0.39 is 0 Å². The van der Waals surface area contributed by atoms with Crippen molar-refractivity contribution >= 4 is 22.8 Å². The molecule has 0 radical (unpaired) electrons. The number of aryl methyl sites for hydroxylation is 1. The van der Waals surface area contributed by atoms with Gasteiger partial charge < -0.3 is 4.98 Å². The second kappa shape index (κ2) is 2.77. The van der Waals surface area contributed by atoms with Crippen LogP contribution in [-0.4, -0.2) is 15.7 Å². The number of pyridine rings is 1. The first-order valence-corrected chi connectivity index (χ1v) is 5.63. The fourth-order valence-corrected chi connectivity index (χ4v) is 2.88. The maximum atomic E-state index is 4.32. The fourth-order valence-electron chi connectivity index (χ4n) is 1.86. The second-order valence-electron chi connectivity index (χ2n) is 3.28. The molecule has 3 rings (SSSR count). The van der Waals surface area contributed by atoms with Crippen LogP contribution in [0.15, 0.2) is 18.3 Å². The molecule has 2 aromatic rings. The molecule has 3 heteroatoms. The van der Waals surface area contributed by atoms with E-state index in [9.17, 15) is 0 Å². The molecule has 13 heavy (non-hydrogen) atoms. The summed E-state index contributed by atoms with van der Waals surface area (Å²) >= 11 is 2.01. The first-order valence-electron chi connectivity index (χ1n) is 4.47. The quantitative estimate of drug-likeness (QED) is 0.690. The smallest absolute Gasteiger partial charge is 0.137 e. The molecule has 3 heterocycles. The molecule has 2 nitrogen and oxygen atoms in total. The summed E-state index contributed by atoms with van der Waals surface area (Å²) in [6, 6.07) is 4.17. The number of fused-ring (bicyclic) bond motifs is 3. The summed E-state index contributed by atoms with van der Waals surface area (Å²) < 4.78 is 0. The Balaban J connectivity index is 2.34. The summed E-state index contributed by atoms with van der Waals surface area (Å²) in [5, 5.41) is 1.31. The SMILES string of the molecule is c1cnc2[nH]c3c(c2c1)CSCC3. The summed E-state index contributed by atoms with van der Waals surface area (Å²) in [7, 11) is 0. The molecule has 0 saturated carbocycles. The van der Waals surface area contributed by atoms with Gasteiger partial charge in [0.05, 0.1) is 0 Å². The number of aromatic nitrogens is 2. The number of thioether (sulfide) groups is 1. The molecule has 0 atom stereocenters. The maximum absolute atomic E-state index is 4.32. The third-order valence-corrected chi connectivity index (χ3v) is 3.49. The third kappa shape index (κ3) is 1.07. The Hall–Kier alpha value is -0.960. The van der Waals surface area contributed by atoms with Crippen LogP contribution in [0.1, 0.15) is 11.3 Å². The van der Waals surface area contributed by atoms with Crippen LogP contribution in [0.3, 0.4) is 0 Å². The fraction of sp³-hybridized carbons (Fsp3) is 0.300. The van der Waals surface area contributed by atoms with Gasteiger partial charge in [-0.05, 0) is 29.9 Å². The minimum Gasteiger partial charge on any atom is -0.343 e. The van der Waals surface area contributed by atoms with E-state index in [0.717, 1.165) is 17.8 Å². The molecule has 0 bridgehead atoms. The van der Waals surface area contributed by atoms with Gasteiger partial charge in [0, 0.05) is 23.0 Å². The molecule has 0 spiro atoms. The van der Waals surface area contributed by atoms with Crippen LogP contribution in [0.5, 0.6) is 0 Å². The number of hydrogen-bond donors (Lipinski definition) is 1. The zero-order valence-electron chi connectivity index (χ0n) is 7.21. The standard InChI is InChI=1S/C10H10N2S/c1-2-7-8-6-13-5-3-9(8)12-10(7)11-4-1/h1-2,4H,3,5-6H2,(H,11,12). The van der Waals surface area contributed by atoms with E-state index in [1.807, 2.05) is 24.0 Å². The highest BCUT2D eigenvalue weighted by molar-refractivity contribution is 7.98. The number of nitrogens with one attached hydrogen (secondary N) is 1. The van der Waals surface area contributed by atoms with Crippen molar-refractivity contribution < 1.29 is 0 Å². The lowest BCUT2D eigenvalue weighted by Crippen LogP contribution is -1.99. The highest BCUT2D eigenvalue weighted by Crippen LogP contribution is 2.29. The lowest BCUT2D eigenvalue weighted by molar-refractivity contribution is 1.03. The Kier molecular flexibility index (Phi) is 1.59. The number of hydrogen-bond acceptors (Lipinski definition) is 2. The van der Waals surface area contributed by atoms with E-state index in [1.54, 1.807) is 0 Å². The number of rotatable bonds is 0. The van der Waals surface area contributed by atoms with Crippen molar-refractivity contribution in [2.75, 3.05) is 5.75 Å². The first-order chi connectivity index (χ1) is 6.45. The van der Waals surface area contributed by atoms with E-state index in [1.165, 1.54) is 22.4 Å². The van der Waals surface area contributed by atoms with Crippen molar-refractivity contribution in [3.8, 4) is 0 Å². The van der Waals surface area contributed by atoms with Gasteiger partial charge in [-0.25, -0.2) is 4.98 Å². The predicted octanol–water partition coefficient (Wildman–Crippen LogP) is 2.35. The molecule has 0 saturated heterocycles. The van der Waals surface area contributed by atoms with Crippen molar-refractivity contribution in [3.63, 3.8) is 0 Å². The first kappa shape index (κ1) is 7.44. The van der Waals surface area contributed by atoms with Gasteiger partial charge in [-0.2, -0.15) is 11.8 Å². The topological polar surface area (TPSA) is 28.7 Å².